The van der Waals surface area contributed by atoms with Gasteiger partial charge in [0.2, 0.25) is 0 Å². The fourth-order valence-electron chi connectivity index (χ4n) is 1.42. The monoisotopic (exact) mass is 338 g/mol. The molecule has 2 N–H and O–H groups in total. The van der Waals surface area contributed by atoms with E-state index in [1.807, 2.05) is 48.5 Å². The van der Waals surface area contributed by atoms with E-state index in [2.05, 4.69) is 20.9 Å². The second kappa shape index (κ2) is 6.59. The zero-order valence-corrected chi connectivity index (χ0v) is 12.4. The first-order valence-corrected chi connectivity index (χ1v) is 6.92. The maximum Gasteiger partial charge on any atom is 0.127 e. The second-order valence-electron chi connectivity index (χ2n) is 3.79. The minimum Gasteiger partial charge on any atom is -0.457 e. The molecule has 0 aliphatic carbocycles. The van der Waals surface area contributed by atoms with E-state index in [0.717, 1.165) is 21.7 Å². The SMILES string of the molecule is NC(CCl)=Nc1ccc(Oc2ccc(Br)cc2)cc1. The summed E-state index contributed by atoms with van der Waals surface area (Å²) < 4.78 is 6.71. The smallest absolute Gasteiger partial charge is 0.127 e. The minimum atomic E-state index is 0.219. The molecule has 19 heavy (non-hydrogen) atoms. The predicted molar refractivity (Wildman–Crippen MR) is 82.7 cm³/mol. The van der Waals surface area contributed by atoms with Crippen molar-refractivity contribution in [3.8, 4) is 11.5 Å². The Morgan fingerprint density at radius 2 is 1.58 bits per heavy atom. The van der Waals surface area contributed by atoms with Crippen molar-refractivity contribution < 1.29 is 4.74 Å². The molecule has 2 rings (SSSR count). The summed E-state index contributed by atoms with van der Waals surface area (Å²) in [4.78, 5) is 4.14. The Morgan fingerprint density at radius 3 is 2.11 bits per heavy atom. The number of hydrogen-bond donors (Lipinski definition) is 1. The molecule has 0 saturated heterocycles. The number of alkyl halides is 1. The van der Waals surface area contributed by atoms with Gasteiger partial charge in [-0.1, -0.05) is 15.9 Å². The number of nitrogens with zero attached hydrogens (tertiary/aromatic N) is 1. The summed E-state index contributed by atoms with van der Waals surface area (Å²) in [6.45, 7) is 0. The van der Waals surface area contributed by atoms with Gasteiger partial charge in [0.25, 0.3) is 0 Å². The van der Waals surface area contributed by atoms with Crippen molar-refractivity contribution in [1.29, 1.82) is 0 Å². The van der Waals surface area contributed by atoms with Crippen LogP contribution in [-0.4, -0.2) is 11.7 Å². The van der Waals surface area contributed by atoms with Crippen LogP contribution >= 0.6 is 27.5 Å². The molecule has 0 atom stereocenters. The predicted octanol–water partition coefficient (Wildman–Crippen LogP) is 4.47. The van der Waals surface area contributed by atoms with Gasteiger partial charge in [0.05, 0.1) is 11.6 Å². The zero-order chi connectivity index (χ0) is 13.7. The van der Waals surface area contributed by atoms with Crippen LogP contribution in [0, 0.1) is 0 Å². The van der Waals surface area contributed by atoms with Crippen molar-refractivity contribution in [2.24, 2.45) is 10.7 Å². The van der Waals surface area contributed by atoms with Crippen LogP contribution in [0.2, 0.25) is 0 Å². The molecular weight excluding hydrogens is 328 g/mol. The molecule has 0 unspecified atom stereocenters. The van der Waals surface area contributed by atoms with Gasteiger partial charge in [-0.05, 0) is 48.5 Å². The number of halogens is 2. The van der Waals surface area contributed by atoms with Crippen LogP contribution in [0.3, 0.4) is 0 Å². The molecule has 0 amide bonds. The lowest BCUT2D eigenvalue weighted by Crippen LogP contribution is -2.12. The number of ether oxygens (including phenoxy) is 1. The number of aliphatic imine (C=N–C) groups is 1. The number of hydrogen-bond acceptors (Lipinski definition) is 2. The maximum absolute atomic E-state index is 5.69. The van der Waals surface area contributed by atoms with Crippen molar-refractivity contribution in [1.82, 2.24) is 0 Å². The second-order valence-corrected chi connectivity index (χ2v) is 4.97. The molecule has 0 heterocycles. The minimum absolute atomic E-state index is 0.219. The largest absolute Gasteiger partial charge is 0.457 e. The lowest BCUT2D eigenvalue weighted by atomic mass is 10.3. The van der Waals surface area contributed by atoms with Gasteiger partial charge in [0.15, 0.2) is 0 Å². The molecule has 0 aliphatic rings. The number of amidine groups is 1. The van der Waals surface area contributed by atoms with Crippen molar-refractivity contribution in [3.63, 3.8) is 0 Å². The van der Waals surface area contributed by atoms with Crippen molar-refractivity contribution in [3.05, 3.63) is 53.0 Å². The highest BCUT2D eigenvalue weighted by Gasteiger charge is 1.98. The van der Waals surface area contributed by atoms with E-state index in [9.17, 15) is 0 Å². The standard InChI is InChI=1S/C14H12BrClN2O/c15-10-1-5-12(6-2-10)19-13-7-3-11(4-8-13)18-14(17)9-16/h1-8H,9H2,(H2,17,18). The van der Waals surface area contributed by atoms with Gasteiger partial charge in [-0.2, -0.15) is 0 Å². The van der Waals surface area contributed by atoms with E-state index in [4.69, 9.17) is 22.1 Å². The van der Waals surface area contributed by atoms with E-state index in [-0.39, 0.29) is 5.88 Å². The lowest BCUT2D eigenvalue weighted by Gasteiger charge is -2.06. The summed E-state index contributed by atoms with van der Waals surface area (Å²) in [5.74, 6) is 2.13. The van der Waals surface area contributed by atoms with Gasteiger partial charge in [-0.3, -0.25) is 0 Å². The molecule has 0 spiro atoms. The first-order chi connectivity index (χ1) is 9.17. The highest BCUT2D eigenvalue weighted by Crippen LogP contribution is 2.25. The van der Waals surface area contributed by atoms with E-state index >= 15 is 0 Å². The summed E-state index contributed by atoms with van der Waals surface area (Å²) in [6.07, 6.45) is 0. The Labute approximate surface area is 125 Å². The van der Waals surface area contributed by atoms with Gasteiger partial charge in [0, 0.05) is 4.47 Å². The van der Waals surface area contributed by atoms with E-state index in [1.54, 1.807) is 0 Å². The first kappa shape index (κ1) is 13.9. The van der Waals surface area contributed by atoms with E-state index < -0.39 is 0 Å². The quantitative estimate of drug-likeness (QED) is 0.507. The Hall–Kier alpha value is -1.52. The normalized spacial score (nSPS) is 11.4. The molecule has 5 heteroatoms. The van der Waals surface area contributed by atoms with Crippen molar-refractivity contribution in [2.75, 3.05) is 5.88 Å². The van der Waals surface area contributed by atoms with Gasteiger partial charge in [-0.25, -0.2) is 4.99 Å². The molecule has 0 aromatic heterocycles. The molecular formula is C14H12BrClN2O. The average molecular weight is 340 g/mol. The molecule has 0 bridgehead atoms. The number of benzene rings is 2. The maximum atomic E-state index is 5.69. The fourth-order valence-corrected chi connectivity index (χ4v) is 1.75. The van der Waals surface area contributed by atoms with Crippen LogP contribution in [0.4, 0.5) is 5.69 Å². The summed E-state index contributed by atoms with van der Waals surface area (Å²) in [5, 5.41) is 0. The van der Waals surface area contributed by atoms with Crippen LogP contribution < -0.4 is 10.5 Å². The molecule has 0 aliphatic heterocycles. The third-order valence-electron chi connectivity index (χ3n) is 2.30. The third kappa shape index (κ3) is 4.26. The third-order valence-corrected chi connectivity index (χ3v) is 3.10. The van der Waals surface area contributed by atoms with Gasteiger partial charge >= 0.3 is 0 Å². The molecule has 0 fully saturated rings. The summed E-state index contributed by atoms with van der Waals surface area (Å²) in [7, 11) is 0. The van der Waals surface area contributed by atoms with Crippen LogP contribution in [0.25, 0.3) is 0 Å². The van der Waals surface area contributed by atoms with Gasteiger partial charge < -0.3 is 10.5 Å². The highest BCUT2D eigenvalue weighted by molar-refractivity contribution is 9.10. The van der Waals surface area contributed by atoms with Crippen molar-refractivity contribution in [2.45, 2.75) is 0 Å². The fraction of sp³-hybridized carbons (Fsp3) is 0.0714. The van der Waals surface area contributed by atoms with Crippen molar-refractivity contribution >= 4 is 39.1 Å². The zero-order valence-electron chi connectivity index (χ0n) is 10.0. The summed E-state index contributed by atoms with van der Waals surface area (Å²) in [6, 6.07) is 15.0. The Bertz CT molecular complexity index is 567. The number of rotatable bonds is 4. The van der Waals surface area contributed by atoms with Crippen LogP contribution in [0.5, 0.6) is 11.5 Å². The van der Waals surface area contributed by atoms with E-state index in [0.29, 0.717) is 5.84 Å². The number of nitrogens with two attached hydrogens (primary N) is 1. The average Bonchev–Trinajstić information content (AvgIpc) is 2.43. The molecule has 2 aromatic rings. The van der Waals surface area contributed by atoms with E-state index in [1.165, 1.54) is 0 Å². The summed E-state index contributed by atoms with van der Waals surface area (Å²) >= 11 is 8.95. The first-order valence-electron chi connectivity index (χ1n) is 5.60. The Balaban J connectivity index is 2.08. The molecule has 0 radical (unpaired) electrons. The Morgan fingerprint density at radius 1 is 1.05 bits per heavy atom. The highest BCUT2D eigenvalue weighted by atomic mass is 79.9. The molecule has 3 nitrogen and oxygen atoms in total. The van der Waals surface area contributed by atoms with Crippen LogP contribution in [0.15, 0.2) is 58.0 Å². The summed E-state index contributed by atoms with van der Waals surface area (Å²) in [5.41, 5.74) is 6.31. The van der Waals surface area contributed by atoms with Gasteiger partial charge in [0.1, 0.15) is 17.3 Å². The van der Waals surface area contributed by atoms with Gasteiger partial charge in [-0.15, -0.1) is 11.6 Å². The Kier molecular flexibility index (Phi) is 4.82. The van der Waals surface area contributed by atoms with Crippen LogP contribution in [-0.2, 0) is 0 Å². The molecule has 98 valence electrons. The molecule has 2 aromatic carbocycles. The van der Waals surface area contributed by atoms with Crippen LogP contribution in [0.1, 0.15) is 0 Å². The molecule has 0 saturated carbocycles. The lowest BCUT2D eigenvalue weighted by molar-refractivity contribution is 0.482. The topological polar surface area (TPSA) is 47.6 Å².